The van der Waals surface area contributed by atoms with Gasteiger partial charge in [0, 0.05) is 11.6 Å². The number of hydrogen-bond acceptors (Lipinski definition) is 2. The molecule has 1 amide bonds. The number of carbonyl (C=O) groups is 1. The van der Waals surface area contributed by atoms with Gasteiger partial charge in [0.2, 0.25) is 0 Å². The largest absolute Gasteiger partial charge is 0.322 e. The van der Waals surface area contributed by atoms with Gasteiger partial charge in [-0.05, 0) is 25.0 Å². The van der Waals surface area contributed by atoms with Gasteiger partial charge >= 0.3 is 0 Å². The van der Waals surface area contributed by atoms with E-state index in [0.29, 0.717) is 5.56 Å². The molecule has 0 unspecified atom stereocenters. The van der Waals surface area contributed by atoms with E-state index in [1.54, 1.807) is 4.90 Å². The van der Waals surface area contributed by atoms with Crippen molar-refractivity contribution in [3.8, 4) is 6.07 Å². The zero-order valence-corrected chi connectivity index (χ0v) is 10.5. The van der Waals surface area contributed by atoms with Crippen LogP contribution in [0, 0.1) is 11.3 Å². The monoisotopic (exact) mass is 242 g/mol. The van der Waals surface area contributed by atoms with Crippen LogP contribution in [0.4, 0.5) is 0 Å². The lowest BCUT2D eigenvalue weighted by Gasteiger charge is -2.32. The van der Waals surface area contributed by atoms with Crippen molar-refractivity contribution in [2.24, 2.45) is 0 Å². The second-order valence-corrected chi connectivity index (χ2v) is 4.75. The van der Waals surface area contributed by atoms with Crippen LogP contribution in [0.2, 0.25) is 0 Å². The fourth-order valence-corrected chi connectivity index (χ4v) is 2.58. The van der Waals surface area contributed by atoms with Crippen LogP contribution in [-0.4, -0.2) is 23.4 Å². The first kappa shape index (κ1) is 12.6. The second kappa shape index (κ2) is 6.20. The molecule has 0 aromatic heterocycles. The van der Waals surface area contributed by atoms with Crippen molar-refractivity contribution in [1.82, 2.24) is 4.90 Å². The summed E-state index contributed by atoms with van der Waals surface area (Å²) in [4.78, 5) is 14.2. The Bertz CT molecular complexity index is 430. The highest BCUT2D eigenvalue weighted by molar-refractivity contribution is 5.94. The molecule has 1 aromatic carbocycles. The van der Waals surface area contributed by atoms with E-state index in [9.17, 15) is 4.79 Å². The van der Waals surface area contributed by atoms with Gasteiger partial charge < -0.3 is 4.90 Å². The highest BCUT2D eigenvalue weighted by Gasteiger charge is 2.25. The molecule has 0 aliphatic heterocycles. The van der Waals surface area contributed by atoms with Crippen LogP contribution in [0.15, 0.2) is 30.3 Å². The van der Waals surface area contributed by atoms with E-state index in [-0.39, 0.29) is 18.5 Å². The Balaban J connectivity index is 2.14. The first-order valence-electron chi connectivity index (χ1n) is 6.56. The summed E-state index contributed by atoms with van der Waals surface area (Å²) in [5.74, 6) is -0.0101. The molecule has 94 valence electrons. The van der Waals surface area contributed by atoms with Gasteiger partial charge in [-0.25, -0.2) is 0 Å². The van der Waals surface area contributed by atoms with E-state index in [1.807, 2.05) is 30.3 Å². The second-order valence-electron chi connectivity index (χ2n) is 4.75. The van der Waals surface area contributed by atoms with Crippen molar-refractivity contribution >= 4 is 5.91 Å². The summed E-state index contributed by atoms with van der Waals surface area (Å²) in [6, 6.07) is 11.6. The highest BCUT2D eigenvalue weighted by Crippen LogP contribution is 2.23. The minimum absolute atomic E-state index is 0.0101. The fraction of sp³-hybridized carbons (Fsp3) is 0.467. The van der Waals surface area contributed by atoms with Gasteiger partial charge in [-0.3, -0.25) is 4.79 Å². The minimum Gasteiger partial charge on any atom is -0.322 e. The zero-order valence-electron chi connectivity index (χ0n) is 10.5. The van der Waals surface area contributed by atoms with Gasteiger partial charge in [0.1, 0.15) is 6.54 Å². The third-order valence-electron chi connectivity index (χ3n) is 3.54. The van der Waals surface area contributed by atoms with Crippen LogP contribution in [0.1, 0.15) is 42.5 Å². The summed E-state index contributed by atoms with van der Waals surface area (Å²) < 4.78 is 0. The average Bonchev–Trinajstić information content (AvgIpc) is 2.46. The lowest BCUT2D eigenvalue weighted by atomic mass is 9.93. The number of benzene rings is 1. The molecule has 0 saturated heterocycles. The van der Waals surface area contributed by atoms with Crippen molar-refractivity contribution in [3.05, 3.63) is 35.9 Å². The van der Waals surface area contributed by atoms with Crippen molar-refractivity contribution in [3.63, 3.8) is 0 Å². The van der Waals surface area contributed by atoms with E-state index in [4.69, 9.17) is 5.26 Å². The van der Waals surface area contributed by atoms with Crippen LogP contribution in [0.25, 0.3) is 0 Å². The molecule has 0 N–H and O–H groups in total. The summed E-state index contributed by atoms with van der Waals surface area (Å²) in [6.45, 7) is 0.193. The summed E-state index contributed by atoms with van der Waals surface area (Å²) >= 11 is 0. The molecule has 0 spiro atoms. The number of amides is 1. The maximum absolute atomic E-state index is 12.4. The summed E-state index contributed by atoms with van der Waals surface area (Å²) in [7, 11) is 0. The Kier molecular flexibility index (Phi) is 4.35. The maximum Gasteiger partial charge on any atom is 0.254 e. The number of nitrogens with zero attached hydrogens (tertiary/aromatic N) is 2. The Morgan fingerprint density at radius 1 is 1.22 bits per heavy atom. The molecule has 0 bridgehead atoms. The molecule has 18 heavy (non-hydrogen) atoms. The third kappa shape index (κ3) is 2.89. The van der Waals surface area contributed by atoms with E-state index in [2.05, 4.69) is 6.07 Å². The van der Waals surface area contributed by atoms with Crippen molar-refractivity contribution in [2.75, 3.05) is 6.54 Å². The average molecular weight is 242 g/mol. The topological polar surface area (TPSA) is 44.1 Å². The number of hydrogen-bond donors (Lipinski definition) is 0. The van der Waals surface area contributed by atoms with Gasteiger partial charge in [-0.15, -0.1) is 0 Å². The molecule has 1 fully saturated rings. The number of carbonyl (C=O) groups excluding carboxylic acids is 1. The molecule has 0 atom stereocenters. The zero-order chi connectivity index (χ0) is 12.8. The van der Waals surface area contributed by atoms with Gasteiger partial charge in [-0.2, -0.15) is 5.26 Å². The van der Waals surface area contributed by atoms with Crippen LogP contribution in [-0.2, 0) is 0 Å². The maximum atomic E-state index is 12.4. The Morgan fingerprint density at radius 2 is 1.89 bits per heavy atom. The standard InChI is InChI=1S/C15H18N2O/c16-11-12-17(14-9-5-2-6-10-14)15(18)13-7-3-1-4-8-13/h1,3-4,7-8,14H,2,5-6,9-10,12H2. The van der Waals surface area contributed by atoms with Gasteiger partial charge in [0.05, 0.1) is 6.07 Å². The van der Waals surface area contributed by atoms with Gasteiger partial charge in [0.15, 0.2) is 0 Å². The Hall–Kier alpha value is -1.82. The van der Waals surface area contributed by atoms with Crippen LogP contribution >= 0.6 is 0 Å². The summed E-state index contributed by atoms with van der Waals surface area (Å²) in [5, 5.41) is 8.92. The molecule has 1 saturated carbocycles. The Morgan fingerprint density at radius 3 is 2.50 bits per heavy atom. The first-order chi connectivity index (χ1) is 8.83. The van der Waals surface area contributed by atoms with Gasteiger partial charge in [-0.1, -0.05) is 37.5 Å². The molecule has 2 rings (SSSR count). The van der Waals surface area contributed by atoms with E-state index in [1.165, 1.54) is 6.42 Å². The SMILES string of the molecule is N#CCN(C(=O)c1ccccc1)C1CCCCC1. The van der Waals surface area contributed by atoms with Crippen LogP contribution in [0.5, 0.6) is 0 Å². The molecule has 3 heteroatoms. The molecule has 1 aromatic rings. The fourth-order valence-electron chi connectivity index (χ4n) is 2.58. The highest BCUT2D eigenvalue weighted by atomic mass is 16.2. The number of nitriles is 1. The minimum atomic E-state index is -0.0101. The smallest absolute Gasteiger partial charge is 0.254 e. The normalized spacial score (nSPS) is 15.9. The van der Waals surface area contributed by atoms with Crippen molar-refractivity contribution in [2.45, 2.75) is 38.1 Å². The summed E-state index contributed by atoms with van der Waals surface area (Å²) in [5.41, 5.74) is 0.679. The predicted octanol–water partition coefficient (Wildman–Crippen LogP) is 2.99. The van der Waals surface area contributed by atoms with Crippen LogP contribution < -0.4 is 0 Å². The lowest BCUT2D eigenvalue weighted by molar-refractivity contribution is 0.0666. The van der Waals surface area contributed by atoms with Gasteiger partial charge in [0.25, 0.3) is 5.91 Å². The quantitative estimate of drug-likeness (QED) is 0.765. The van der Waals surface area contributed by atoms with Crippen molar-refractivity contribution < 1.29 is 4.79 Å². The molecule has 0 heterocycles. The first-order valence-corrected chi connectivity index (χ1v) is 6.56. The predicted molar refractivity (Wildman–Crippen MR) is 70.0 cm³/mol. The van der Waals surface area contributed by atoms with E-state index in [0.717, 1.165) is 25.7 Å². The summed E-state index contributed by atoms with van der Waals surface area (Å²) in [6.07, 6.45) is 5.63. The molecule has 1 aliphatic rings. The molecule has 0 radical (unpaired) electrons. The third-order valence-corrected chi connectivity index (χ3v) is 3.54. The molecular weight excluding hydrogens is 224 g/mol. The number of rotatable bonds is 3. The molecule has 1 aliphatic carbocycles. The van der Waals surface area contributed by atoms with E-state index >= 15 is 0 Å². The molecular formula is C15H18N2O. The van der Waals surface area contributed by atoms with E-state index < -0.39 is 0 Å². The lowest BCUT2D eigenvalue weighted by Crippen LogP contribution is -2.41. The Labute approximate surface area is 108 Å². The molecule has 3 nitrogen and oxygen atoms in total. The van der Waals surface area contributed by atoms with Crippen LogP contribution in [0.3, 0.4) is 0 Å². The van der Waals surface area contributed by atoms with Crippen molar-refractivity contribution in [1.29, 1.82) is 5.26 Å².